The van der Waals surface area contributed by atoms with Gasteiger partial charge in [-0.05, 0) is 31.0 Å². The van der Waals surface area contributed by atoms with Gasteiger partial charge in [0.15, 0.2) is 5.78 Å². The Morgan fingerprint density at radius 2 is 1.94 bits per heavy atom. The van der Waals surface area contributed by atoms with E-state index in [1.54, 1.807) is 21.0 Å². The van der Waals surface area contributed by atoms with Crippen LogP contribution in [0.15, 0.2) is 12.1 Å². The molecule has 0 N–H and O–H groups in total. The van der Waals surface area contributed by atoms with E-state index in [2.05, 4.69) is 0 Å². The molecule has 3 nitrogen and oxygen atoms in total. The summed E-state index contributed by atoms with van der Waals surface area (Å²) in [5.41, 5.74) is 1.67. The van der Waals surface area contributed by atoms with Crippen molar-refractivity contribution in [1.82, 2.24) is 0 Å². The standard InChI is InChI=1S/C14H19FO3/c1-10-8-11(2)14(12(15)9-10)13(16)4-5-18-7-6-17-3/h8-9H,4-7H2,1-3H3. The first-order valence-corrected chi connectivity index (χ1v) is 5.93. The second-order valence-corrected chi connectivity index (χ2v) is 4.22. The monoisotopic (exact) mass is 254 g/mol. The molecule has 0 aliphatic carbocycles. The van der Waals surface area contributed by atoms with Crippen LogP contribution in [-0.4, -0.2) is 32.7 Å². The molecule has 0 unspecified atom stereocenters. The number of benzene rings is 1. The van der Waals surface area contributed by atoms with Crippen molar-refractivity contribution in [1.29, 1.82) is 0 Å². The average Bonchev–Trinajstić information content (AvgIpc) is 2.27. The van der Waals surface area contributed by atoms with Crippen molar-refractivity contribution in [2.24, 2.45) is 0 Å². The first kappa shape index (κ1) is 14.8. The lowest BCUT2D eigenvalue weighted by molar-refractivity contribution is 0.0640. The molecule has 100 valence electrons. The zero-order valence-electron chi connectivity index (χ0n) is 11.1. The van der Waals surface area contributed by atoms with Crippen molar-refractivity contribution in [2.75, 3.05) is 26.9 Å². The van der Waals surface area contributed by atoms with Crippen LogP contribution in [0.25, 0.3) is 0 Å². The highest BCUT2D eigenvalue weighted by molar-refractivity contribution is 5.97. The number of halogens is 1. The Morgan fingerprint density at radius 1 is 1.22 bits per heavy atom. The van der Waals surface area contributed by atoms with E-state index in [1.165, 1.54) is 6.07 Å². The third-order valence-electron chi connectivity index (χ3n) is 2.62. The Hall–Kier alpha value is -1.26. The van der Waals surface area contributed by atoms with Gasteiger partial charge in [0.2, 0.25) is 0 Å². The number of carbonyl (C=O) groups excluding carboxylic acids is 1. The summed E-state index contributed by atoms with van der Waals surface area (Å²) < 4.78 is 23.7. The van der Waals surface area contributed by atoms with Crippen LogP contribution in [0.4, 0.5) is 4.39 Å². The first-order valence-electron chi connectivity index (χ1n) is 5.93. The lowest BCUT2D eigenvalue weighted by Crippen LogP contribution is -2.11. The Morgan fingerprint density at radius 3 is 2.56 bits per heavy atom. The Kier molecular flexibility index (Phi) is 5.95. The van der Waals surface area contributed by atoms with Gasteiger partial charge in [-0.2, -0.15) is 0 Å². The number of aryl methyl sites for hydroxylation is 2. The molecule has 0 aliphatic heterocycles. The van der Waals surface area contributed by atoms with Gasteiger partial charge >= 0.3 is 0 Å². The van der Waals surface area contributed by atoms with Crippen LogP contribution in [-0.2, 0) is 9.47 Å². The highest BCUT2D eigenvalue weighted by Gasteiger charge is 2.14. The van der Waals surface area contributed by atoms with Gasteiger partial charge in [-0.1, -0.05) is 6.07 Å². The number of carbonyl (C=O) groups is 1. The molecule has 0 spiro atoms. The highest BCUT2D eigenvalue weighted by Crippen LogP contribution is 2.17. The van der Waals surface area contributed by atoms with Crippen molar-refractivity contribution >= 4 is 5.78 Å². The summed E-state index contributed by atoms with van der Waals surface area (Å²) in [6.45, 7) is 4.77. The number of methoxy groups -OCH3 is 1. The van der Waals surface area contributed by atoms with Gasteiger partial charge in [0.1, 0.15) is 5.82 Å². The van der Waals surface area contributed by atoms with Gasteiger partial charge < -0.3 is 9.47 Å². The second-order valence-electron chi connectivity index (χ2n) is 4.22. The summed E-state index contributed by atoms with van der Waals surface area (Å²) in [6, 6.07) is 3.19. The van der Waals surface area contributed by atoms with Gasteiger partial charge in [-0.25, -0.2) is 4.39 Å². The maximum atomic E-state index is 13.7. The van der Waals surface area contributed by atoms with E-state index >= 15 is 0 Å². The van der Waals surface area contributed by atoms with Gasteiger partial charge in [0.05, 0.1) is 25.4 Å². The Labute approximate surface area is 107 Å². The highest BCUT2D eigenvalue weighted by atomic mass is 19.1. The molecule has 0 saturated carbocycles. The Bertz CT molecular complexity index is 392. The van der Waals surface area contributed by atoms with E-state index < -0.39 is 5.82 Å². The molecule has 0 aromatic heterocycles. The van der Waals surface area contributed by atoms with Crippen LogP contribution in [0.1, 0.15) is 27.9 Å². The molecule has 0 aliphatic rings. The molecule has 4 heteroatoms. The van der Waals surface area contributed by atoms with Gasteiger partial charge in [-0.15, -0.1) is 0 Å². The van der Waals surface area contributed by atoms with Crippen LogP contribution in [0.5, 0.6) is 0 Å². The maximum absolute atomic E-state index is 13.7. The van der Waals surface area contributed by atoms with E-state index in [4.69, 9.17) is 9.47 Å². The number of hydrogen-bond acceptors (Lipinski definition) is 3. The average molecular weight is 254 g/mol. The summed E-state index contributed by atoms with van der Waals surface area (Å²) in [5, 5.41) is 0. The van der Waals surface area contributed by atoms with Gasteiger partial charge in [0, 0.05) is 13.5 Å². The minimum absolute atomic E-state index is 0.177. The molecule has 0 atom stereocenters. The quantitative estimate of drug-likeness (QED) is 0.554. The fraction of sp³-hybridized carbons (Fsp3) is 0.500. The number of Topliss-reactive ketones (excluding diaryl/α,β-unsaturated/α-hetero) is 1. The first-order chi connectivity index (χ1) is 8.56. The van der Waals surface area contributed by atoms with E-state index in [1.807, 2.05) is 6.07 Å². The molecule has 0 saturated heterocycles. The van der Waals surface area contributed by atoms with E-state index in [0.717, 1.165) is 5.56 Å². The maximum Gasteiger partial charge on any atom is 0.168 e. The fourth-order valence-corrected chi connectivity index (χ4v) is 1.80. The zero-order valence-corrected chi connectivity index (χ0v) is 11.1. The molecule has 1 aromatic carbocycles. The summed E-state index contributed by atoms with van der Waals surface area (Å²) in [6.07, 6.45) is 0.185. The molecule has 0 radical (unpaired) electrons. The molecule has 1 aromatic rings. The molecule has 0 bridgehead atoms. The molecule has 0 amide bonds. The van der Waals surface area contributed by atoms with Crippen molar-refractivity contribution in [3.05, 3.63) is 34.6 Å². The number of ether oxygens (including phenoxy) is 2. The van der Waals surface area contributed by atoms with Gasteiger partial charge in [-0.3, -0.25) is 4.79 Å². The summed E-state index contributed by atoms with van der Waals surface area (Å²) in [4.78, 5) is 11.9. The van der Waals surface area contributed by atoms with Crippen LogP contribution >= 0.6 is 0 Å². The largest absolute Gasteiger partial charge is 0.382 e. The second kappa shape index (κ2) is 7.24. The predicted octanol–water partition coefficient (Wildman–Crippen LogP) is 2.68. The third-order valence-corrected chi connectivity index (χ3v) is 2.62. The third kappa shape index (κ3) is 4.20. The van der Waals surface area contributed by atoms with Crippen LogP contribution in [0.2, 0.25) is 0 Å². The van der Waals surface area contributed by atoms with Crippen molar-refractivity contribution in [2.45, 2.75) is 20.3 Å². The number of hydrogen-bond donors (Lipinski definition) is 0. The summed E-state index contributed by atoms with van der Waals surface area (Å²) >= 11 is 0. The number of rotatable bonds is 7. The van der Waals surface area contributed by atoms with Crippen LogP contribution in [0.3, 0.4) is 0 Å². The zero-order chi connectivity index (χ0) is 13.5. The van der Waals surface area contributed by atoms with Crippen LogP contribution in [0, 0.1) is 19.7 Å². The normalized spacial score (nSPS) is 10.7. The molecule has 0 heterocycles. The lowest BCUT2D eigenvalue weighted by atomic mass is 10.00. The smallest absolute Gasteiger partial charge is 0.168 e. The lowest BCUT2D eigenvalue weighted by Gasteiger charge is -2.08. The SMILES string of the molecule is COCCOCCC(=O)c1c(C)cc(C)cc1F. The van der Waals surface area contributed by atoms with Crippen molar-refractivity contribution in [3.8, 4) is 0 Å². The predicted molar refractivity (Wildman–Crippen MR) is 67.5 cm³/mol. The molecular formula is C14H19FO3. The van der Waals surface area contributed by atoms with Gasteiger partial charge in [0.25, 0.3) is 0 Å². The molecular weight excluding hydrogens is 235 g/mol. The van der Waals surface area contributed by atoms with Crippen molar-refractivity contribution in [3.63, 3.8) is 0 Å². The van der Waals surface area contributed by atoms with Crippen molar-refractivity contribution < 1.29 is 18.7 Å². The molecule has 0 fully saturated rings. The number of ketones is 1. The minimum Gasteiger partial charge on any atom is -0.382 e. The van der Waals surface area contributed by atoms with E-state index in [9.17, 15) is 9.18 Å². The van der Waals surface area contributed by atoms with E-state index in [0.29, 0.717) is 18.8 Å². The van der Waals surface area contributed by atoms with Crippen LogP contribution < -0.4 is 0 Å². The Balaban J connectivity index is 2.57. The van der Waals surface area contributed by atoms with E-state index in [-0.39, 0.29) is 24.4 Å². The topological polar surface area (TPSA) is 35.5 Å². The minimum atomic E-state index is -0.450. The molecule has 1 rings (SSSR count). The molecule has 18 heavy (non-hydrogen) atoms. The summed E-state index contributed by atoms with van der Waals surface area (Å²) in [5.74, 6) is -0.670. The fourth-order valence-electron chi connectivity index (χ4n) is 1.80. The summed E-state index contributed by atoms with van der Waals surface area (Å²) in [7, 11) is 1.58.